The van der Waals surface area contributed by atoms with E-state index in [1.165, 1.54) is 17.7 Å². The highest BCUT2D eigenvalue weighted by atomic mass is 19.1. The second-order valence-electron chi connectivity index (χ2n) is 7.81. The third-order valence-corrected chi connectivity index (χ3v) is 5.12. The number of halogens is 1. The quantitative estimate of drug-likeness (QED) is 0.435. The number of hydrogen-bond acceptors (Lipinski definition) is 4. The van der Waals surface area contributed by atoms with Crippen LogP contribution in [0.25, 0.3) is 28.3 Å². The van der Waals surface area contributed by atoms with E-state index >= 15 is 0 Å². The maximum Gasteiger partial charge on any atom is 0.223 e. The second-order valence-corrected chi connectivity index (χ2v) is 7.81. The Balaban J connectivity index is 1.82. The van der Waals surface area contributed by atoms with Crippen LogP contribution in [0.4, 0.5) is 10.3 Å². The van der Waals surface area contributed by atoms with Gasteiger partial charge in [-0.25, -0.2) is 19.3 Å². The number of hydrogen-bond donors (Lipinski definition) is 1. The Hall–Kier alpha value is -3.28. The molecule has 0 bridgehead atoms. The fourth-order valence-electron chi connectivity index (χ4n) is 3.41. The summed E-state index contributed by atoms with van der Waals surface area (Å²) in [4.78, 5) is 14.0. The van der Waals surface area contributed by atoms with E-state index in [1.54, 1.807) is 18.3 Å². The van der Waals surface area contributed by atoms with Crippen LogP contribution in [0.5, 0.6) is 0 Å². The van der Waals surface area contributed by atoms with Gasteiger partial charge in [0.15, 0.2) is 0 Å². The summed E-state index contributed by atoms with van der Waals surface area (Å²) in [7, 11) is 0. The number of aromatic nitrogens is 4. The van der Waals surface area contributed by atoms with Gasteiger partial charge in [0, 0.05) is 24.5 Å². The van der Waals surface area contributed by atoms with E-state index in [2.05, 4.69) is 43.2 Å². The van der Waals surface area contributed by atoms with Crippen molar-refractivity contribution < 1.29 is 4.39 Å². The number of anilines is 1. The molecule has 0 saturated carbocycles. The molecule has 1 aromatic carbocycles. The van der Waals surface area contributed by atoms with Crippen LogP contribution in [0.1, 0.15) is 32.8 Å². The van der Waals surface area contributed by atoms with E-state index < -0.39 is 0 Å². The number of imidazole rings is 1. The highest BCUT2D eigenvalue weighted by Crippen LogP contribution is 2.32. The van der Waals surface area contributed by atoms with Gasteiger partial charge < -0.3 is 5.32 Å². The number of rotatable bonds is 7. The van der Waals surface area contributed by atoms with Gasteiger partial charge in [-0.2, -0.15) is 0 Å². The van der Waals surface area contributed by atoms with Gasteiger partial charge in [0.1, 0.15) is 11.5 Å². The van der Waals surface area contributed by atoms with Crippen molar-refractivity contribution in [3.05, 3.63) is 66.2 Å². The van der Waals surface area contributed by atoms with Crippen molar-refractivity contribution in [2.75, 3.05) is 11.9 Å². The van der Waals surface area contributed by atoms with E-state index in [0.717, 1.165) is 47.7 Å². The van der Waals surface area contributed by atoms with Crippen molar-refractivity contribution in [3.8, 4) is 22.6 Å². The average Bonchev–Trinajstić information content (AvgIpc) is 3.12. The molecule has 1 N–H and O–H groups in total. The van der Waals surface area contributed by atoms with E-state index in [0.29, 0.717) is 11.9 Å². The van der Waals surface area contributed by atoms with Gasteiger partial charge in [0.2, 0.25) is 5.95 Å². The minimum Gasteiger partial charge on any atom is -0.354 e. The topological polar surface area (TPSA) is 55.1 Å². The van der Waals surface area contributed by atoms with Crippen molar-refractivity contribution in [1.29, 1.82) is 0 Å². The molecule has 154 valence electrons. The zero-order valence-corrected chi connectivity index (χ0v) is 17.6. The van der Waals surface area contributed by atoms with Crippen molar-refractivity contribution in [3.63, 3.8) is 0 Å². The minimum absolute atomic E-state index is 0.268. The van der Waals surface area contributed by atoms with Crippen molar-refractivity contribution in [2.45, 2.75) is 33.6 Å². The Morgan fingerprint density at radius 3 is 2.60 bits per heavy atom. The lowest BCUT2D eigenvalue weighted by Gasteiger charge is -2.09. The monoisotopic (exact) mass is 403 g/mol. The lowest BCUT2D eigenvalue weighted by atomic mass is 10.1. The SMILES string of the molecule is CCc1ccn2c(-c3ccnc(NCCC(C)C)n3)c(-c3ccc(F)cc3)nc2c1. The molecule has 0 aliphatic heterocycles. The Bertz CT molecular complexity index is 1150. The number of nitrogens with zero attached hydrogens (tertiary/aromatic N) is 4. The van der Waals surface area contributed by atoms with Crippen molar-refractivity contribution in [1.82, 2.24) is 19.4 Å². The first-order chi connectivity index (χ1) is 14.5. The third kappa shape index (κ3) is 4.17. The number of benzene rings is 1. The van der Waals surface area contributed by atoms with Crippen LogP contribution in [-0.2, 0) is 6.42 Å². The maximum atomic E-state index is 13.5. The van der Waals surface area contributed by atoms with E-state index in [-0.39, 0.29) is 5.82 Å². The number of aryl methyl sites for hydroxylation is 1. The molecule has 6 heteroatoms. The predicted octanol–water partition coefficient (Wildman–Crippen LogP) is 5.62. The lowest BCUT2D eigenvalue weighted by Crippen LogP contribution is -2.08. The molecule has 0 spiro atoms. The number of pyridine rings is 1. The molecule has 0 fully saturated rings. The Labute approximate surface area is 176 Å². The Morgan fingerprint density at radius 1 is 1.07 bits per heavy atom. The molecule has 0 aliphatic carbocycles. The van der Waals surface area contributed by atoms with Crippen LogP contribution in [0, 0.1) is 11.7 Å². The third-order valence-electron chi connectivity index (χ3n) is 5.12. The standard InChI is InChI=1S/C24H26FN5/c1-4-17-11-14-30-21(15-17)29-22(18-5-7-19(25)8-6-18)23(30)20-10-13-27-24(28-20)26-12-9-16(2)3/h5-8,10-11,13-16H,4,9,12H2,1-3H3,(H,26,27,28). The van der Waals surface area contributed by atoms with Gasteiger partial charge in [-0.3, -0.25) is 4.40 Å². The van der Waals surface area contributed by atoms with Crippen LogP contribution in [0.2, 0.25) is 0 Å². The summed E-state index contributed by atoms with van der Waals surface area (Å²) in [6.07, 6.45) is 5.76. The van der Waals surface area contributed by atoms with Gasteiger partial charge in [0.05, 0.1) is 17.1 Å². The smallest absolute Gasteiger partial charge is 0.223 e. The normalized spacial score (nSPS) is 11.4. The number of fused-ring (bicyclic) bond motifs is 1. The van der Waals surface area contributed by atoms with E-state index in [9.17, 15) is 4.39 Å². The molecule has 0 amide bonds. The molecule has 0 aliphatic rings. The molecule has 4 rings (SSSR count). The summed E-state index contributed by atoms with van der Waals surface area (Å²) in [6.45, 7) is 7.32. The largest absolute Gasteiger partial charge is 0.354 e. The molecule has 0 unspecified atom stereocenters. The Kier molecular flexibility index (Phi) is 5.74. The van der Waals surface area contributed by atoms with Gasteiger partial charge in [-0.15, -0.1) is 0 Å². The molecule has 0 radical (unpaired) electrons. The fraction of sp³-hybridized carbons (Fsp3) is 0.292. The van der Waals surface area contributed by atoms with E-state index in [4.69, 9.17) is 9.97 Å². The molecule has 5 nitrogen and oxygen atoms in total. The van der Waals surface area contributed by atoms with Crippen LogP contribution >= 0.6 is 0 Å². The summed E-state index contributed by atoms with van der Waals surface area (Å²) < 4.78 is 15.5. The lowest BCUT2D eigenvalue weighted by molar-refractivity contribution is 0.606. The summed E-state index contributed by atoms with van der Waals surface area (Å²) in [5, 5.41) is 3.31. The van der Waals surface area contributed by atoms with Crippen LogP contribution in [-0.4, -0.2) is 25.9 Å². The van der Waals surface area contributed by atoms with E-state index in [1.807, 2.05) is 16.7 Å². The van der Waals surface area contributed by atoms with Gasteiger partial charge in [0.25, 0.3) is 0 Å². The number of nitrogens with one attached hydrogen (secondary N) is 1. The second kappa shape index (κ2) is 8.61. The maximum absolute atomic E-state index is 13.5. The molecule has 4 aromatic rings. The molecule has 0 saturated heterocycles. The predicted molar refractivity (Wildman–Crippen MR) is 119 cm³/mol. The molecular weight excluding hydrogens is 377 g/mol. The highest BCUT2D eigenvalue weighted by molar-refractivity contribution is 5.80. The van der Waals surface area contributed by atoms with Crippen LogP contribution in [0.3, 0.4) is 0 Å². The van der Waals surface area contributed by atoms with Crippen molar-refractivity contribution >= 4 is 11.6 Å². The molecule has 0 atom stereocenters. The molecule has 3 aromatic heterocycles. The van der Waals surface area contributed by atoms with Gasteiger partial charge in [-0.05, 0) is 66.8 Å². The zero-order valence-electron chi connectivity index (χ0n) is 17.6. The molecular formula is C24H26FN5. The summed E-state index contributed by atoms with van der Waals surface area (Å²) in [5.74, 6) is 0.937. The van der Waals surface area contributed by atoms with Gasteiger partial charge >= 0.3 is 0 Å². The first-order valence-electron chi connectivity index (χ1n) is 10.4. The van der Waals surface area contributed by atoms with Gasteiger partial charge in [-0.1, -0.05) is 20.8 Å². The average molecular weight is 404 g/mol. The van der Waals surface area contributed by atoms with Crippen LogP contribution in [0.15, 0.2) is 54.9 Å². The summed E-state index contributed by atoms with van der Waals surface area (Å²) in [5.41, 5.74) is 5.32. The zero-order chi connectivity index (χ0) is 21.1. The summed E-state index contributed by atoms with van der Waals surface area (Å²) in [6, 6.07) is 12.5. The first kappa shape index (κ1) is 20.0. The van der Waals surface area contributed by atoms with Crippen molar-refractivity contribution in [2.24, 2.45) is 5.92 Å². The minimum atomic E-state index is -0.268. The molecule has 3 heterocycles. The highest BCUT2D eigenvalue weighted by Gasteiger charge is 2.18. The van der Waals surface area contributed by atoms with Crippen LogP contribution < -0.4 is 5.32 Å². The Morgan fingerprint density at radius 2 is 1.87 bits per heavy atom. The molecule has 30 heavy (non-hydrogen) atoms. The first-order valence-corrected chi connectivity index (χ1v) is 10.4. The summed E-state index contributed by atoms with van der Waals surface area (Å²) >= 11 is 0. The fourth-order valence-corrected chi connectivity index (χ4v) is 3.41.